The zero-order chi connectivity index (χ0) is 26.7. The summed E-state index contributed by atoms with van der Waals surface area (Å²) < 4.78 is 76.9. The predicted octanol–water partition coefficient (Wildman–Crippen LogP) is 4.28. The molecule has 164 valence electrons. The number of anilines is 2. The first-order valence-electron chi connectivity index (χ1n) is 12.7. The molecule has 0 atom stereocenters. The van der Waals surface area contributed by atoms with Crippen LogP contribution in [0.3, 0.4) is 0 Å². The fraction of sp³-hybridized carbons (Fsp3) is 0.364. The SMILES string of the molecule is [2H]c1c([2H])c(Nc2ncnc3cc(OC([2H])([2H])[2H])c(OCCCN4CCOCC4)cc23)c([2H])c(Cl)c1F. The van der Waals surface area contributed by atoms with Gasteiger partial charge in [-0.2, -0.15) is 0 Å². The van der Waals surface area contributed by atoms with Gasteiger partial charge in [-0.05, 0) is 30.6 Å². The molecule has 0 spiro atoms. The topological polar surface area (TPSA) is 68.7 Å². The molecule has 7 nitrogen and oxygen atoms in total. The highest BCUT2D eigenvalue weighted by molar-refractivity contribution is 6.31. The number of aromatic nitrogens is 2. The number of hydrogen-bond acceptors (Lipinski definition) is 7. The van der Waals surface area contributed by atoms with E-state index < -0.39 is 36.0 Å². The molecule has 2 aromatic carbocycles. The summed E-state index contributed by atoms with van der Waals surface area (Å²) in [5, 5.41) is 2.53. The summed E-state index contributed by atoms with van der Waals surface area (Å²) in [6, 6.07) is 1.05. The average molecular weight is 453 g/mol. The molecule has 1 N–H and O–H groups in total. The predicted molar refractivity (Wildman–Crippen MR) is 118 cm³/mol. The molecule has 0 aliphatic carbocycles. The van der Waals surface area contributed by atoms with E-state index in [0.717, 1.165) is 19.6 Å². The summed E-state index contributed by atoms with van der Waals surface area (Å²) in [6.45, 7) is 4.08. The third-order valence-corrected chi connectivity index (χ3v) is 5.02. The van der Waals surface area contributed by atoms with Crippen molar-refractivity contribution in [2.24, 2.45) is 0 Å². The van der Waals surface area contributed by atoms with Gasteiger partial charge in [0.25, 0.3) is 0 Å². The number of morpholine rings is 1. The lowest BCUT2D eigenvalue weighted by atomic mass is 10.2. The van der Waals surface area contributed by atoms with Crippen molar-refractivity contribution in [3.63, 3.8) is 0 Å². The van der Waals surface area contributed by atoms with Crippen molar-refractivity contribution < 1.29 is 26.8 Å². The molecule has 31 heavy (non-hydrogen) atoms. The summed E-state index contributed by atoms with van der Waals surface area (Å²) in [7, 11) is -2.73. The van der Waals surface area contributed by atoms with Gasteiger partial charge in [-0.3, -0.25) is 4.90 Å². The Bertz CT molecular complexity index is 1260. The molecule has 9 heteroatoms. The van der Waals surface area contributed by atoms with Crippen LogP contribution in [0.4, 0.5) is 15.9 Å². The monoisotopic (exact) mass is 452 g/mol. The summed E-state index contributed by atoms with van der Waals surface area (Å²) in [6.07, 6.45) is 1.86. The van der Waals surface area contributed by atoms with Gasteiger partial charge in [-0.15, -0.1) is 0 Å². The Balaban J connectivity index is 1.65. The molecule has 3 aromatic rings. The smallest absolute Gasteiger partial charge is 0.162 e. The first kappa shape index (κ1) is 15.2. The van der Waals surface area contributed by atoms with Gasteiger partial charge in [0.1, 0.15) is 18.0 Å². The summed E-state index contributed by atoms with van der Waals surface area (Å²) in [5.41, 5.74) is 0.0713. The molecule has 1 aliphatic heterocycles. The standard InChI is InChI=1S/C22H24ClFN4O3/c1-29-20-13-19-16(12-21(20)31-8-2-5-28-6-9-30-10-7-28)22(26-14-25-19)27-15-3-4-18(24)17(23)11-15/h3-4,11-14H,2,5-10H2,1H3,(H,25,26,27)/i1D3,3D,4D,11D. The summed E-state index contributed by atoms with van der Waals surface area (Å²) in [4.78, 5) is 10.6. The van der Waals surface area contributed by atoms with E-state index in [0.29, 0.717) is 25.0 Å². The third kappa shape index (κ3) is 5.33. The number of ether oxygens (including phenoxy) is 3. The van der Waals surface area contributed by atoms with E-state index in [2.05, 4.69) is 20.2 Å². The Morgan fingerprint density at radius 2 is 2.16 bits per heavy atom. The molecule has 0 saturated carbocycles. The van der Waals surface area contributed by atoms with Gasteiger partial charge in [0.15, 0.2) is 11.5 Å². The van der Waals surface area contributed by atoms with E-state index in [1.807, 2.05) is 0 Å². The summed E-state index contributed by atoms with van der Waals surface area (Å²) >= 11 is 5.84. The van der Waals surface area contributed by atoms with Crippen molar-refractivity contribution >= 4 is 34.0 Å². The highest BCUT2D eigenvalue weighted by atomic mass is 35.5. The zero-order valence-electron chi connectivity index (χ0n) is 22.5. The fourth-order valence-corrected chi connectivity index (χ4v) is 3.34. The maximum atomic E-state index is 14.0. The van der Waals surface area contributed by atoms with E-state index in [1.165, 1.54) is 18.5 Å². The molecule has 0 radical (unpaired) electrons. The second-order valence-electron chi connectivity index (χ2n) is 6.80. The number of rotatable bonds is 8. The lowest BCUT2D eigenvalue weighted by Crippen LogP contribution is -2.37. The van der Waals surface area contributed by atoms with Gasteiger partial charge in [-0.1, -0.05) is 11.6 Å². The highest BCUT2D eigenvalue weighted by Crippen LogP contribution is 2.35. The molecule has 1 aromatic heterocycles. The van der Waals surface area contributed by atoms with Crippen molar-refractivity contribution in [1.29, 1.82) is 0 Å². The minimum absolute atomic E-state index is 0.0378. The first-order chi connectivity index (χ1) is 17.5. The van der Waals surface area contributed by atoms with Crippen molar-refractivity contribution in [2.45, 2.75) is 6.42 Å². The molecular weight excluding hydrogens is 423 g/mol. The maximum Gasteiger partial charge on any atom is 0.162 e. The number of nitrogens with one attached hydrogen (secondary N) is 1. The van der Waals surface area contributed by atoms with Crippen LogP contribution in [0.1, 0.15) is 14.6 Å². The van der Waals surface area contributed by atoms with Crippen molar-refractivity contribution in [2.75, 3.05) is 51.8 Å². The van der Waals surface area contributed by atoms with Crippen molar-refractivity contribution in [3.8, 4) is 11.5 Å². The second-order valence-corrected chi connectivity index (χ2v) is 7.18. The number of hydrogen-bond donors (Lipinski definition) is 1. The van der Waals surface area contributed by atoms with Gasteiger partial charge in [0, 0.05) is 36.8 Å². The van der Waals surface area contributed by atoms with Crippen LogP contribution in [0.5, 0.6) is 11.5 Å². The summed E-state index contributed by atoms with van der Waals surface area (Å²) in [5.74, 6) is -0.940. The largest absolute Gasteiger partial charge is 0.493 e. The molecular formula is C22H24ClFN4O3. The van der Waals surface area contributed by atoms with Gasteiger partial charge >= 0.3 is 0 Å². The van der Waals surface area contributed by atoms with Crippen LogP contribution in [0.15, 0.2) is 36.6 Å². The van der Waals surface area contributed by atoms with Crippen molar-refractivity contribution in [1.82, 2.24) is 14.9 Å². The van der Waals surface area contributed by atoms with E-state index >= 15 is 0 Å². The second kappa shape index (κ2) is 10.1. The minimum Gasteiger partial charge on any atom is -0.493 e. The number of halogens is 2. The number of benzene rings is 2. The van der Waals surface area contributed by atoms with Crippen LogP contribution >= 0.6 is 11.6 Å². The normalized spacial score (nSPS) is 17.7. The Morgan fingerprint density at radius 3 is 3.00 bits per heavy atom. The quantitative estimate of drug-likeness (QED) is 0.511. The van der Waals surface area contributed by atoms with Gasteiger partial charge in [0.2, 0.25) is 0 Å². The van der Waals surface area contributed by atoms with Gasteiger partial charge in [-0.25, -0.2) is 14.4 Å². The van der Waals surface area contributed by atoms with Crippen LogP contribution in [0, 0.1) is 5.82 Å². The first-order valence-corrected chi connectivity index (χ1v) is 10.1. The molecule has 0 bridgehead atoms. The Hall–Kier alpha value is -2.68. The lowest BCUT2D eigenvalue weighted by molar-refractivity contribution is 0.0357. The Labute approximate surface area is 193 Å². The molecule has 1 saturated heterocycles. The molecule has 2 heterocycles. The van der Waals surface area contributed by atoms with Crippen LogP contribution in [-0.4, -0.2) is 61.4 Å². The van der Waals surface area contributed by atoms with Gasteiger partial charge in [0.05, 0.1) is 45.6 Å². The molecule has 1 fully saturated rings. The van der Waals surface area contributed by atoms with Crippen LogP contribution in [0.2, 0.25) is 5.02 Å². The minimum atomic E-state index is -2.73. The Morgan fingerprint density at radius 1 is 1.29 bits per heavy atom. The number of methoxy groups -OCH3 is 1. The fourth-order valence-electron chi connectivity index (χ4n) is 3.20. The van der Waals surface area contributed by atoms with Crippen LogP contribution in [-0.2, 0) is 4.74 Å². The van der Waals surface area contributed by atoms with Crippen LogP contribution < -0.4 is 14.8 Å². The van der Waals surface area contributed by atoms with E-state index in [-0.39, 0.29) is 35.1 Å². The molecule has 0 amide bonds. The van der Waals surface area contributed by atoms with Crippen molar-refractivity contribution in [3.05, 3.63) is 47.4 Å². The molecule has 0 unspecified atom stereocenters. The lowest BCUT2D eigenvalue weighted by Gasteiger charge is -2.26. The third-order valence-electron chi connectivity index (χ3n) is 4.76. The number of nitrogens with zero attached hydrogens (tertiary/aromatic N) is 3. The zero-order valence-corrected chi connectivity index (χ0v) is 17.3. The maximum absolute atomic E-state index is 14.0. The molecule has 4 rings (SSSR count). The van der Waals surface area contributed by atoms with E-state index in [1.54, 1.807) is 0 Å². The van der Waals surface area contributed by atoms with E-state index in [9.17, 15) is 4.39 Å². The van der Waals surface area contributed by atoms with Crippen LogP contribution in [0.25, 0.3) is 10.9 Å². The Kier molecular flexibility index (Phi) is 4.94. The van der Waals surface area contributed by atoms with E-state index in [4.69, 9.17) is 34.0 Å². The molecule has 1 aliphatic rings. The average Bonchev–Trinajstić information content (AvgIpc) is 2.86. The van der Waals surface area contributed by atoms with Gasteiger partial charge < -0.3 is 19.5 Å². The highest BCUT2D eigenvalue weighted by Gasteiger charge is 2.14. The number of fused-ring (bicyclic) bond motifs is 1.